The molecule has 1 aromatic carbocycles. The maximum absolute atomic E-state index is 12.3. The number of nitriles is 1. The molecule has 1 aromatic heterocycles. The van der Waals surface area contributed by atoms with Crippen LogP contribution in [0.15, 0.2) is 47.5 Å². The molecule has 2 aromatic rings. The van der Waals surface area contributed by atoms with Crippen LogP contribution in [0.1, 0.15) is 39.2 Å². The number of piperidine rings is 1. The van der Waals surface area contributed by atoms with Crippen LogP contribution >= 0.6 is 0 Å². The number of hydrogen-bond donors (Lipinski definition) is 0. The Hall–Kier alpha value is -2.96. The third-order valence-electron chi connectivity index (χ3n) is 5.70. The molecule has 0 aliphatic carbocycles. The first kappa shape index (κ1) is 25.7. The molecule has 0 unspecified atom stereocenters. The second kappa shape index (κ2) is 10.5. The van der Waals surface area contributed by atoms with Gasteiger partial charge in [0.2, 0.25) is 0 Å². The summed E-state index contributed by atoms with van der Waals surface area (Å²) in [7, 11) is -3.24. The molecule has 8 nitrogen and oxygen atoms in total. The molecule has 1 fully saturated rings. The smallest absolute Gasteiger partial charge is 0.410 e. The van der Waals surface area contributed by atoms with E-state index in [-0.39, 0.29) is 17.0 Å². The molecule has 1 aliphatic heterocycles. The Balaban J connectivity index is 1.62. The van der Waals surface area contributed by atoms with Crippen LogP contribution in [0.3, 0.4) is 0 Å². The molecule has 2 heterocycles. The standard InChI is InChI=1S/C25H32N4O4S/c1-25(2,3)33-24(30)28-14-11-21(12-15-28)29(16-13-26)18-19-5-10-23(27-17-19)20-6-8-22(9-7-20)34(4,31)32/h5-10,17,21H,11-12,14-16,18H2,1-4H3. The van der Waals surface area contributed by atoms with Crippen LogP contribution in [0.5, 0.6) is 0 Å². The minimum atomic E-state index is -3.24. The van der Waals surface area contributed by atoms with E-state index < -0.39 is 15.4 Å². The number of carbonyl (C=O) groups excluding carboxylic acids is 1. The lowest BCUT2D eigenvalue weighted by molar-refractivity contribution is 0.0145. The second-order valence-corrected chi connectivity index (χ2v) is 11.6. The van der Waals surface area contributed by atoms with Crippen LogP contribution < -0.4 is 0 Å². The highest BCUT2D eigenvalue weighted by Crippen LogP contribution is 2.23. The van der Waals surface area contributed by atoms with Crippen LogP contribution in [-0.2, 0) is 21.1 Å². The summed E-state index contributed by atoms with van der Waals surface area (Å²) >= 11 is 0. The lowest BCUT2D eigenvalue weighted by Gasteiger charge is -2.38. The van der Waals surface area contributed by atoms with E-state index >= 15 is 0 Å². The Morgan fingerprint density at radius 3 is 2.32 bits per heavy atom. The molecular weight excluding hydrogens is 452 g/mol. The quantitative estimate of drug-likeness (QED) is 0.573. The van der Waals surface area contributed by atoms with E-state index in [9.17, 15) is 18.5 Å². The fourth-order valence-corrected chi connectivity index (χ4v) is 4.57. The molecule has 0 atom stereocenters. The summed E-state index contributed by atoms with van der Waals surface area (Å²) in [5.74, 6) is 0. The van der Waals surface area contributed by atoms with Gasteiger partial charge in [-0.1, -0.05) is 18.2 Å². The predicted molar refractivity (Wildman–Crippen MR) is 130 cm³/mol. The molecule has 1 aliphatic rings. The highest BCUT2D eigenvalue weighted by Gasteiger charge is 2.29. The first-order valence-corrected chi connectivity index (χ1v) is 13.2. The molecule has 0 spiro atoms. The van der Waals surface area contributed by atoms with Gasteiger partial charge in [-0.15, -0.1) is 0 Å². The Morgan fingerprint density at radius 1 is 1.18 bits per heavy atom. The van der Waals surface area contributed by atoms with Crippen molar-refractivity contribution in [3.63, 3.8) is 0 Å². The number of benzene rings is 1. The van der Waals surface area contributed by atoms with Gasteiger partial charge in [0.25, 0.3) is 0 Å². The van der Waals surface area contributed by atoms with E-state index in [1.165, 1.54) is 6.26 Å². The number of sulfone groups is 1. The van der Waals surface area contributed by atoms with Crippen molar-refractivity contribution >= 4 is 15.9 Å². The van der Waals surface area contributed by atoms with E-state index in [4.69, 9.17) is 4.74 Å². The number of pyridine rings is 1. The average Bonchev–Trinajstić information content (AvgIpc) is 2.78. The number of nitrogens with zero attached hydrogens (tertiary/aromatic N) is 4. The van der Waals surface area contributed by atoms with E-state index in [0.717, 1.165) is 29.7 Å². The van der Waals surface area contributed by atoms with Crippen LogP contribution in [0, 0.1) is 11.3 Å². The van der Waals surface area contributed by atoms with Crippen molar-refractivity contribution in [3.8, 4) is 17.3 Å². The highest BCUT2D eigenvalue weighted by atomic mass is 32.2. The summed E-state index contributed by atoms with van der Waals surface area (Å²) in [6, 6.07) is 13.0. The number of hydrogen-bond acceptors (Lipinski definition) is 7. The lowest BCUT2D eigenvalue weighted by Crippen LogP contribution is -2.47. The van der Waals surface area contributed by atoms with Crippen molar-refractivity contribution in [1.82, 2.24) is 14.8 Å². The molecule has 9 heteroatoms. The predicted octanol–water partition coefficient (Wildman–Crippen LogP) is 3.88. The van der Waals surface area contributed by atoms with Crippen LogP contribution in [-0.4, -0.2) is 66.8 Å². The molecular formula is C25H32N4O4S. The van der Waals surface area contributed by atoms with Gasteiger partial charge in [0.1, 0.15) is 5.60 Å². The average molecular weight is 485 g/mol. The first-order valence-electron chi connectivity index (χ1n) is 11.3. The van der Waals surface area contributed by atoms with E-state index in [0.29, 0.717) is 26.2 Å². The zero-order chi connectivity index (χ0) is 24.9. The maximum Gasteiger partial charge on any atom is 0.410 e. The third-order valence-corrected chi connectivity index (χ3v) is 6.82. The number of carbonyl (C=O) groups is 1. The van der Waals surface area contributed by atoms with Gasteiger partial charge in [-0.2, -0.15) is 5.26 Å². The summed E-state index contributed by atoms with van der Waals surface area (Å²) in [6.45, 7) is 7.66. The van der Waals surface area contributed by atoms with Crippen molar-refractivity contribution in [1.29, 1.82) is 5.26 Å². The Bertz CT molecular complexity index is 1130. The topological polar surface area (TPSA) is 104 Å². The summed E-state index contributed by atoms with van der Waals surface area (Å²) in [5, 5.41) is 9.35. The van der Waals surface area contributed by atoms with E-state index in [1.807, 2.05) is 32.9 Å². The van der Waals surface area contributed by atoms with Crippen molar-refractivity contribution in [2.75, 3.05) is 25.9 Å². The largest absolute Gasteiger partial charge is 0.444 e. The van der Waals surface area contributed by atoms with Crippen molar-refractivity contribution in [3.05, 3.63) is 48.2 Å². The first-order chi connectivity index (χ1) is 16.0. The van der Waals surface area contributed by atoms with Crippen molar-refractivity contribution in [2.45, 2.75) is 56.7 Å². The number of likely N-dealkylation sites (tertiary alicyclic amines) is 1. The molecule has 1 saturated heterocycles. The number of aromatic nitrogens is 1. The lowest BCUT2D eigenvalue weighted by atomic mass is 10.0. The van der Waals surface area contributed by atoms with Crippen LogP contribution in [0.4, 0.5) is 4.79 Å². The van der Waals surface area contributed by atoms with E-state index in [1.54, 1.807) is 35.4 Å². The minimum Gasteiger partial charge on any atom is -0.444 e. The molecule has 34 heavy (non-hydrogen) atoms. The Morgan fingerprint density at radius 2 is 1.82 bits per heavy atom. The van der Waals surface area contributed by atoms with Crippen LogP contribution in [0.2, 0.25) is 0 Å². The summed E-state index contributed by atoms with van der Waals surface area (Å²) in [6.07, 6.45) is 4.24. The van der Waals surface area contributed by atoms with Crippen molar-refractivity contribution in [2.24, 2.45) is 0 Å². The Kier molecular flexibility index (Phi) is 7.95. The summed E-state index contributed by atoms with van der Waals surface area (Å²) in [5.41, 5.74) is 2.06. The zero-order valence-corrected chi connectivity index (χ0v) is 21.0. The van der Waals surface area contributed by atoms with Gasteiger partial charge in [-0.25, -0.2) is 13.2 Å². The zero-order valence-electron chi connectivity index (χ0n) is 20.2. The molecule has 182 valence electrons. The highest BCUT2D eigenvalue weighted by molar-refractivity contribution is 7.90. The Labute approximate surface area is 202 Å². The number of amides is 1. The SMILES string of the molecule is CC(C)(C)OC(=O)N1CCC(N(CC#N)Cc2ccc(-c3ccc(S(C)(=O)=O)cc3)nc2)CC1. The molecule has 1 amide bonds. The van der Waals surface area contributed by atoms with Gasteiger partial charge in [0.15, 0.2) is 9.84 Å². The molecule has 0 radical (unpaired) electrons. The van der Waals surface area contributed by atoms with Gasteiger partial charge in [-0.3, -0.25) is 9.88 Å². The molecule has 0 saturated carbocycles. The second-order valence-electron chi connectivity index (χ2n) is 9.61. The fraction of sp³-hybridized carbons (Fsp3) is 0.480. The number of ether oxygens (including phenoxy) is 1. The van der Waals surface area contributed by atoms with Gasteiger partial charge >= 0.3 is 6.09 Å². The van der Waals surface area contributed by atoms with Crippen molar-refractivity contribution < 1.29 is 17.9 Å². The van der Waals surface area contributed by atoms with Gasteiger partial charge in [0.05, 0.1) is 23.2 Å². The maximum atomic E-state index is 12.3. The molecule has 3 rings (SSSR count). The monoisotopic (exact) mass is 484 g/mol. The molecule has 0 bridgehead atoms. The normalized spacial score (nSPS) is 15.2. The third kappa shape index (κ3) is 7.02. The van der Waals surface area contributed by atoms with Gasteiger partial charge in [0, 0.05) is 43.7 Å². The number of rotatable bonds is 6. The fourth-order valence-electron chi connectivity index (χ4n) is 3.94. The van der Waals surface area contributed by atoms with Gasteiger partial charge in [-0.05, 0) is 57.4 Å². The minimum absolute atomic E-state index is 0.196. The van der Waals surface area contributed by atoms with Crippen LogP contribution in [0.25, 0.3) is 11.3 Å². The molecule has 0 N–H and O–H groups in total. The van der Waals surface area contributed by atoms with E-state index in [2.05, 4.69) is 16.0 Å². The van der Waals surface area contributed by atoms with Gasteiger partial charge < -0.3 is 9.64 Å². The summed E-state index contributed by atoms with van der Waals surface area (Å²) < 4.78 is 28.8. The summed E-state index contributed by atoms with van der Waals surface area (Å²) in [4.78, 5) is 21.0.